The minimum Gasteiger partial charge on any atom is -0.421 e. The molecule has 2 aliphatic rings. The topological polar surface area (TPSA) is 76.3 Å². The molecule has 3 heterocycles. The van der Waals surface area contributed by atoms with Crippen LogP contribution in [0.15, 0.2) is 29.4 Å². The van der Waals surface area contributed by atoms with E-state index in [1.165, 1.54) is 26.9 Å². The Balaban J connectivity index is 1.70. The standard InChI is InChI=1S/C17H15F4N3O4S/c1-9-7-24(15(29-9)22-14(26)23-5-4-11(25)8-23)10-2-3-12-13(6-10)28-17(20,21)16(18,19)27-12/h2-3,6-7,11,25H,4-5,8H2,1H3/t11-/m1/s1. The first-order chi connectivity index (χ1) is 13.6. The van der Waals surface area contributed by atoms with Crippen LogP contribution in [0, 0.1) is 6.92 Å². The number of amides is 2. The molecule has 1 aromatic heterocycles. The fourth-order valence-electron chi connectivity index (χ4n) is 2.99. The normalized spacial score (nSPS) is 22.8. The molecule has 0 unspecified atom stereocenters. The van der Waals surface area contributed by atoms with Crippen LogP contribution in [0.2, 0.25) is 0 Å². The zero-order valence-corrected chi connectivity index (χ0v) is 15.8. The van der Waals surface area contributed by atoms with Gasteiger partial charge in [0.1, 0.15) is 0 Å². The van der Waals surface area contributed by atoms with Gasteiger partial charge >= 0.3 is 18.2 Å². The van der Waals surface area contributed by atoms with E-state index in [1.807, 2.05) is 0 Å². The summed E-state index contributed by atoms with van der Waals surface area (Å²) >= 11 is 1.18. The lowest BCUT2D eigenvalue weighted by atomic mass is 10.2. The molecule has 156 valence electrons. The number of aliphatic hydroxyl groups excluding tert-OH is 1. The highest BCUT2D eigenvalue weighted by Crippen LogP contribution is 2.47. The van der Waals surface area contributed by atoms with E-state index in [0.29, 0.717) is 13.0 Å². The summed E-state index contributed by atoms with van der Waals surface area (Å²) in [5, 5.41) is 9.56. The van der Waals surface area contributed by atoms with E-state index in [-0.39, 0.29) is 17.0 Å². The number of thiazole rings is 1. The fourth-order valence-corrected chi connectivity index (χ4v) is 3.82. The van der Waals surface area contributed by atoms with Crippen LogP contribution in [-0.4, -0.2) is 52.0 Å². The number of rotatable bonds is 1. The Morgan fingerprint density at radius 2 is 1.93 bits per heavy atom. The lowest BCUT2D eigenvalue weighted by molar-refractivity contribution is -0.391. The summed E-state index contributed by atoms with van der Waals surface area (Å²) in [5.74, 6) is -1.09. The number of β-amino-alcohol motifs (C(OH)–C–C–N with tert-alkyl or cyclic N) is 1. The van der Waals surface area contributed by atoms with Gasteiger partial charge in [-0.3, -0.25) is 4.57 Å². The average molecular weight is 433 g/mol. The number of carbonyl (C=O) groups is 1. The molecule has 2 amide bonds. The zero-order valence-electron chi connectivity index (χ0n) is 14.9. The third-order valence-corrected chi connectivity index (χ3v) is 5.31. The van der Waals surface area contributed by atoms with Crippen molar-refractivity contribution < 1.29 is 36.9 Å². The number of nitrogens with zero attached hydrogens (tertiary/aromatic N) is 3. The van der Waals surface area contributed by atoms with Gasteiger partial charge in [-0.25, -0.2) is 4.79 Å². The van der Waals surface area contributed by atoms with Gasteiger partial charge in [0.2, 0.25) is 0 Å². The van der Waals surface area contributed by atoms with Crippen molar-refractivity contribution in [3.63, 3.8) is 0 Å². The molecule has 0 aliphatic carbocycles. The molecule has 0 spiro atoms. The SMILES string of the molecule is Cc1cn(-c2ccc3c(c2)OC(F)(F)C(F)(F)O3)c(=NC(=O)N2CC[C@@H](O)C2)s1. The van der Waals surface area contributed by atoms with E-state index in [2.05, 4.69) is 14.5 Å². The Bertz CT molecular complexity index is 1040. The number of halogens is 4. The van der Waals surface area contributed by atoms with Gasteiger partial charge in [0.15, 0.2) is 16.3 Å². The third-order valence-electron chi connectivity index (χ3n) is 4.42. The maximum Gasteiger partial charge on any atom is 0.507 e. The Kier molecular flexibility index (Phi) is 4.57. The number of likely N-dealkylation sites (tertiary alicyclic amines) is 1. The van der Waals surface area contributed by atoms with Crippen molar-refractivity contribution in [2.75, 3.05) is 13.1 Å². The molecule has 1 saturated heterocycles. The minimum atomic E-state index is -4.83. The predicted molar refractivity (Wildman–Crippen MR) is 92.7 cm³/mol. The van der Waals surface area contributed by atoms with Gasteiger partial charge in [0.25, 0.3) is 0 Å². The average Bonchev–Trinajstić information content (AvgIpc) is 3.21. The number of aryl methyl sites for hydroxylation is 1. The molecule has 4 rings (SSSR count). The van der Waals surface area contributed by atoms with Crippen LogP contribution in [-0.2, 0) is 0 Å². The fraction of sp³-hybridized carbons (Fsp3) is 0.412. The molecular formula is C17H15F4N3O4S. The van der Waals surface area contributed by atoms with E-state index < -0.39 is 35.9 Å². The maximum absolute atomic E-state index is 13.5. The molecular weight excluding hydrogens is 418 g/mol. The largest absolute Gasteiger partial charge is 0.507 e. The molecule has 2 aromatic rings. The van der Waals surface area contributed by atoms with Crippen molar-refractivity contribution >= 4 is 17.4 Å². The van der Waals surface area contributed by atoms with Crippen molar-refractivity contribution in [3.8, 4) is 17.2 Å². The van der Waals surface area contributed by atoms with Gasteiger partial charge in [-0.2, -0.15) is 22.6 Å². The Morgan fingerprint density at radius 3 is 2.59 bits per heavy atom. The summed E-state index contributed by atoms with van der Waals surface area (Å²) in [6.45, 7) is 2.32. The van der Waals surface area contributed by atoms with E-state index in [9.17, 15) is 27.5 Å². The molecule has 0 radical (unpaired) electrons. The van der Waals surface area contributed by atoms with Crippen LogP contribution in [0.25, 0.3) is 5.69 Å². The molecule has 0 saturated carbocycles. The van der Waals surface area contributed by atoms with Gasteiger partial charge < -0.3 is 19.5 Å². The summed E-state index contributed by atoms with van der Waals surface area (Å²) in [7, 11) is 0. The first-order valence-corrected chi connectivity index (χ1v) is 9.36. The maximum atomic E-state index is 13.5. The monoisotopic (exact) mass is 433 g/mol. The van der Waals surface area contributed by atoms with Crippen molar-refractivity contribution in [2.24, 2.45) is 4.99 Å². The Labute approximate surface area is 165 Å². The van der Waals surface area contributed by atoms with Crippen molar-refractivity contribution in [1.82, 2.24) is 9.47 Å². The van der Waals surface area contributed by atoms with E-state index >= 15 is 0 Å². The first-order valence-electron chi connectivity index (χ1n) is 8.54. The molecule has 1 fully saturated rings. The molecule has 2 aliphatic heterocycles. The van der Waals surface area contributed by atoms with Crippen LogP contribution < -0.4 is 14.3 Å². The number of benzene rings is 1. The van der Waals surface area contributed by atoms with Gasteiger partial charge in [-0.15, -0.1) is 11.3 Å². The quantitative estimate of drug-likeness (QED) is 0.702. The first kappa shape index (κ1) is 19.7. The highest BCUT2D eigenvalue weighted by Gasteiger charge is 2.65. The van der Waals surface area contributed by atoms with E-state index in [4.69, 9.17) is 0 Å². The highest BCUT2D eigenvalue weighted by molar-refractivity contribution is 7.09. The second-order valence-corrected chi connectivity index (χ2v) is 7.86. The van der Waals surface area contributed by atoms with Crippen LogP contribution in [0.3, 0.4) is 0 Å². The van der Waals surface area contributed by atoms with E-state index in [1.54, 1.807) is 13.1 Å². The second-order valence-electron chi connectivity index (χ2n) is 6.65. The lowest BCUT2D eigenvalue weighted by Crippen LogP contribution is -2.52. The third kappa shape index (κ3) is 3.57. The Morgan fingerprint density at radius 1 is 1.24 bits per heavy atom. The van der Waals surface area contributed by atoms with Crippen molar-refractivity contribution in [3.05, 3.63) is 34.1 Å². The summed E-state index contributed by atoms with van der Waals surface area (Å²) in [6.07, 6.45) is -8.13. The molecule has 1 atom stereocenters. The number of alkyl halides is 4. The van der Waals surface area contributed by atoms with Gasteiger partial charge in [0.05, 0.1) is 11.8 Å². The summed E-state index contributed by atoms with van der Waals surface area (Å²) < 4.78 is 63.2. The van der Waals surface area contributed by atoms with Crippen LogP contribution in [0.1, 0.15) is 11.3 Å². The number of hydrogen-bond donors (Lipinski definition) is 1. The zero-order chi connectivity index (χ0) is 21.0. The summed E-state index contributed by atoms with van der Waals surface area (Å²) in [6, 6.07) is 3.00. The van der Waals surface area contributed by atoms with Crippen LogP contribution >= 0.6 is 11.3 Å². The van der Waals surface area contributed by atoms with Crippen molar-refractivity contribution in [1.29, 1.82) is 0 Å². The molecule has 7 nitrogen and oxygen atoms in total. The highest BCUT2D eigenvalue weighted by atomic mass is 32.1. The molecule has 29 heavy (non-hydrogen) atoms. The van der Waals surface area contributed by atoms with E-state index in [0.717, 1.165) is 17.0 Å². The molecule has 0 bridgehead atoms. The van der Waals surface area contributed by atoms with Crippen molar-refractivity contribution in [2.45, 2.75) is 31.7 Å². The number of fused-ring (bicyclic) bond motifs is 1. The molecule has 1 aromatic carbocycles. The number of aliphatic hydroxyl groups is 1. The Hall–Kier alpha value is -2.60. The molecule has 12 heteroatoms. The van der Waals surface area contributed by atoms with Crippen LogP contribution in [0.4, 0.5) is 22.4 Å². The smallest absolute Gasteiger partial charge is 0.421 e. The lowest BCUT2D eigenvalue weighted by Gasteiger charge is -2.31. The number of urea groups is 1. The number of hydrogen-bond acceptors (Lipinski definition) is 5. The second kappa shape index (κ2) is 6.73. The molecule has 1 N–H and O–H groups in total. The van der Waals surface area contributed by atoms with Crippen LogP contribution in [0.5, 0.6) is 11.5 Å². The summed E-state index contributed by atoms with van der Waals surface area (Å²) in [5.41, 5.74) is 0.269. The number of ether oxygens (including phenoxy) is 2. The number of aromatic nitrogens is 1. The van der Waals surface area contributed by atoms with Gasteiger partial charge in [-0.1, -0.05) is 0 Å². The minimum absolute atomic E-state index is 0.181. The summed E-state index contributed by atoms with van der Waals surface area (Å²) in [4.78, 5) is 18.8. The predicted octanol–water partition coefficient (Wildman–Crippen LogP) is 2.89. The van der Waals surface area contributed by atoms with Gasteiger partial charge in [-0.05, 0) is 25.5 Å². The van der Waals surface area contributed by atoms with Gasteiger partial charge in [0, 0.05) is 30.2 Å². The number of carbonyl (C=O) groups excluding carboxylic acids is 1.